The van der Waals surface area contributed by atoms with Crippen LogP contribution in [0, 0.1) is 13.8 Å². The van der Waals surface area contributed by atoms with Gasteiger partial charge in [0.15, 0.2) is 11.5 Å². The van der Waals surface area contributed by atoms with E-state index in [1.165, 1.54) is 0 Å². The number of hydrogen-bond donors (Lipinski definition) is 0. The number of rotatable bonds is 3. The molecule has 0 amide bonds. The van der Waals surface area contributed by atoms with E-state index in [1.807, 2.05) is 50.2 Å². The van der Waals surface area contributed by atoms with Gasteiger partial charge in [0.05, 0.1) is 25.6 Å². The number of nitrogens with zero attached hydrogens (tertiary/aromatic N) is 3. The van der Waals surface area contributed by atoms with Crippen LogP contribution < -0.4 is 20.7 Å². The molecule has 2 aromatic carbocycles. The zero-order valence-corrected chi connectivity index (χ0v) is 17.4. The smallest absolute Gasteiger partial charge is 0.329 e. The van der Waals surface area contributed by atoms with Crippen LogP contribution in [0.4, 0.5) is 5.69 Å². The molecule has 2 heterocycles. The van der Waals surface area contributed by atoms with Gasteiger partial charge in [0.2, 0.25) is 0 Å². The molecule has 3 aromatic rings. The van der Waals surface area contributed by atoms with E-state index in [4.69, 9.17) is 14.5 Å². The fourth-order valence-corrected chi connectivity index (χ4v) is 3.92. The summed E-state index contributed by atoms with van der Waals surface area (Å²) in [6, 6.07) is 12.0. The minimum absolute atomic E-state index is 0.0760. The molecule has 1 aliphatic rings. The lowest BCUT2D eigenvalue weighted by Gasteiger charge is -2.24. The summed E-state index contributed by atoms with van der Waals surface area (Å²) in [4.78, 5) is 17.9. The fraction of sp³-hybridized carbons (Fsp3) is 0.304. The maximum absolute atomic E-state index is 13.1. The van der Waals surface area contributed by atoms with Gasteiger partial charge in [0, 0.05) is 25.2 Å². The third-order valence-corrected chi connectivity index (χ3v) is 5.57. The lowest BCUT2D eigenvalue weighted by molar-refractivity contribution is 0.354. The largest absolute Gasteiger partial charge is 0.493 e. The van der Waals surface area contributed by atoms with Crippen molar-refractivity contribution in [2.75, 3.05) is 14.2 Å². The molecule has 0 spiro atoms. The Morgan fingerprint density at radius 1 is 1.00 bits per heavy atom. The molecule has 0 aliphatic carbocycles. The van der Waals surface area contributed by atoms with Crippen molar-refractivity contribution < 1.29 is 9.47 Å². The van der Waals surface area contributed by atoms with E-state index in [0.29, 0.717) is 23.5 Å². The minimum atomic E-state index is -0.0760. The van der Waals surface area contributed by atoms with Gasteiger partial charge < -0.3 is 9.47 Å². The van der Waals surface area contributed by atoms with Crippen molar-refractivity contribution in [2.24, 2.45) is 12.0 Å². The van der Waals surface area contributed by atoms with Crippen molar-refractivity contribution in [1.29, 1.82) is 0 Å². The Labute approximate surface area is 169 Å². The Morgan fingerprint density at radius 2 is 1.66 bits per heavy atom. The summed E-state index contributed by atoms with van der Waals surface area (Å²) in [5, 5.41) is 0. The number of methoxy groups -OCH3 is 2. The summed E-state index contributed by atoms with van der Waals surface area (Å²) in [5.74, 6) is 1.34. The van der Waals surface area contributed by atoms with E-state index in [0.717, 1.165) is 40.1 Å². The molecule has 0 fully saturated rings. The molecule has 1 aromatic heterocycles. The maximum Gasteiger partial charge on any atom is 0.329 e. The van der Waals surface area contributed by atoms with Gasteiger partial charge in [-0.05, 0) is 49.1 Å². The molecule has 0 saturated heterocycles. The first kappa shape index (κ1) is 19.1. The van der Waals surface area contributed by atoms with Crippen LogP contribution in [0.25, 0.3) is 11.3 Å². The number of aryl methyl sites for hydroxylation is 3. The van der Waals surface area contributed by atoms with Crippen molar-refractivity contribution in [3.05, 3.63) is 69.1 Å². The molecule has 6 heteroatoms. The van der Waals surface area contributed by atoms with Gasteiger partial charge in [-0.25, -0.2) is 9.79 Å². The van der Waals surface area contributed by atoms with Crippen LogP contribution in [0.5, 0.6) is 11.5 Å². The zero-order chi connectivity index (χ0) is 20.7. The van der Waals surface area contributed by atoms with Gasteiger partial charge in [0.25, 0.3) is 0 Å². The Bertz CT molecular complexity index is 1220. The lowest BCUT2D eigenvalue weighted by Crippen LogP contribution is -2.40. The Morgan fingerprint density at radius 3 is 2.31 bits per heavy atom. The first-order valence-electron chi connectivity index (χ1n) is 9.61. The summed E-state index contributed by atoms with van der Waals surface area (Å²) < 4.78 is 14.3. The number of fused-ring (bicyclic) bond motifs is 3. The summed E-state index contributed by atoms with van der Waals surface area (Å²) in [6.45, 7) is 4.68. The summed E-state index contributed by atoms with van der Waals surface area (Å²) in [6.07, 6.45) is 0.760. The van der Waals surface area contributed by atoms with E-state index in [9.17, 15) is 4.79 Å². The van der Waals surface area contributed by atoms with Crippen LogP contribution in [-0.4, -0.2) is 23.4 Å². The van der Waals surface area contributed by atoms with Gasteiger partial charge in [-0.2, -0.15) is 0 Å². The quantitative estimate of drug-likeness (QED) is 0.689. The van der Waals surface area contributed by atoms with Gasteiger partial charge >= 0.3 is 5.69 Å². The van der Waals surface area contributed by atoms with Gasteiger partial charge in [-0.15, -0.1) is 0 Å². The third kappa shape index (κ3) is 3.14. The van der Waals surface area contributed by atoms with Crippen LogP contribution in [0.2, 0.25) is 0 Å². The molecule has 4 rings (SSSR count). The highest BCUT2D eigenvalue weighted by Gasteiger charge is 2.21. The van der Waals surface area contributed by atoms with Crippen LogP contribution in [-0.2, 0) is 20.0 Å². The van der Waals surface area contributed by atoms with Crippen molar-refractivity contribution in [2.45, 2.75) is 26.8 Å². The van der Waals surface area contributed by atoms with E-state index in [2.05, 4.69) is 0 Å². The van der Waals surface area contributed by atoms with Crippen molar-refractivity contribution in [3.63, 3.8) is 0 Å². The number of para-hydroxylation sites is 1. The molecule has 0 atom stereocenters. The zero-order valence-electron chi connectivity index (χ0n) is 17.4. The number of ether oxygens (including phenoxy) is 2. The monoisotopic (exact) mass is 391 g/mol. The number of aromatic nitrogens is 2. The molecule has 150 valence electrons. The molecule has 0 radical (unpaired) electrons. The molecular formula is C23H25N3O3. The standard InChI is InChI=1S/C23H25N3O3/c1-14-7-6-8-15(2)22(14)24-21-13-18-17-12-20(29-5)19(28-4)11-16(17)9-10-26(18)23(27)25(21)3/h6-8,11-13H,9-10H2,1-5H3. The highest BCUT2D eigenvalue weighted by atomic mass is 16.5. The Hall–Kier alpha value is -3.28. The predicted molar refractivity (Wildman–Crippen MR) is 113 cm³/mol. The average Bonchev–Trinajstić information content (AvgIpc) is 2.72. The van der Waals surface area contributed by atoms with Gasteiger partial charge in [-0.1, -0.05) is 18.2 Å². The summed E-state index contributed by atoms with van der Waals surface area (Å²) in [5.41, 5.74) is 6.56. The van der Waals surface area contributed by atoms with Crippen molar-refractivity contribution in [1.82, 2.24) is 9.13 Å². The topological polar surface area (TPSA) is 57.8 Å². The average molecular weight is 391 g/mol. The molecule has 29 heavy (non-hydrogen) atoms. The predicted octanol–water partition coefficient (Wildman–Crippen LogP) is 3.28. The van der Waals surface area contributed by atoms with E-state index in [1.54, 1.807) is 30.4 Å². The fourth-order valence-electron chi connectivity index (χ4n) is 3.92. The Kier molecular flexibility index (Phi) is 4.78. The van der Waals surface area contributed by atoms with Crippen LogP contribution in [0.3, 0.4) is 0 Å². The highest BCUT2D eigenvalue weighted by Crippen LogP contribution is 2.37. The lowest BCUT2D eigenvalue weighted by atomic mass is 9.97. The van der Waals surface area contributed by atoms with Crippen LogP contribution >= 0.6 is 0 Å². The number of hydrogen-bond acceptors (Lipinski definition) is 4. The third-order valence-electron chi connectivity index (χ3n) is 5.57. The van der Waals surface area contributed by atoms with Crippen molar-refractivity contribution >= 4 is 5.69 Å². The minimum Gasteiger partial charge on any atom is -0.493 e. The molecule has 1 aliphatic heterocycles. The normalized spacial score (nSPS) is 13.1. The van der Waals surface area contributed by atoms with Crippen LogP contribution in [0.1, 0.15) is 16.7 Å². The first-order chi connectivity index (χ1) is 13.9. The SMILES string of the molecule is COc1cc2c(cc1OC)-c1cc(=Nc3c(C)cccc3C)n(C)c(=O)n1CC2. The first-order valence-corrected chi connectivity index (χ1v) is 9.61. The second-order valence-corrected chi connectivity index (χ2v) is 7.35. The molecule has 0 unspecified atom stereocenters. The molecular weight excluding hydrogens is 366 g/mol. The Balaban J connectivity index is 2.01. The maximum atomic E-state index is 13.1. The second-order valence-electron chi connectivity index (χ2n) is 7.35. The van der Waals surface area contributed by atoms with E-state index in [-0.39, 0.29) is 5.69 Å². The van der Waals surface area contributed by atoms with E-state index >= 15 is 0 Å². The second kappa shape index (κ2) is 7.28. The number of benzene rings is 2. The van der Waals surface area contributed by atoms with Crippen molar-refractivity contribution in [3.8, 4) is 22.8 Å². The summed E-state index contributed by atoms with van der Waals surface area (Å²) in [7, 11) is 5.02. The molecule has 0 saturated carbocycles. The molecule has 0 N–H and O–H groups in total. The molecule has 6 nitrogen and oxygen atoms in total. The van der Waals surface area contributed by atoms with Gasteiger partial charge in [0.1, 0.15) is 5.49 Å². The van der Waals surface area contributed by atoms with Gasteiger partial charge in [-0.3, -0.25) is 9.13 Å². The van der Waals surface area contributed by atoms with Crippen LogP contribution in [0.15, 0.2) is 46.2 Å². The highest BCUT2D eigenvalue weighted by molar-refractivity contribution is 5.70. The molecule has 0 bridgehead atoms. The summed E-state index contributed by atoms with van der Waals surface area (Å²) >= 11 is 0. The van der Waals surface area contributed by atoms with E-state index < -0.39 is 0 Å².